The molecule has 0 spiro atoms. The lowest BCUT2D eigenvalue weighted by Gasteiger charge is -2.15. The van der Waals surface area contributed by atoms with Crippen molar-refractivity contribution in [3.63, 3.8) is 0 Å². The Bertz CT molecular complexity index is 620. The fourth-order valence-corrected chi connectivity index (χ4v) is 2.48. The molecule has 0 aliphatic carbocycles. The molecule has 10 heteroatoms. The molecule has 7 nitrogen and oxygen atoms in total. The molecule has 0 aromatic carbocycles. The van der Waals surface area contributed by atoms with Crippen molar-refractivity contribution in [2.45, 2.75) is 58.4 Å². The summed E-state index contributed by atoms with van der Waals surface area (Å²) in [5.41, 5.74) is 1.40. The van der Waals surface area contributed by atoms with Crippen LogP contribution in [0.1, 0.15) is 50.2 Å². The maximum absolute atomic E-state index is 12.5. The minimum Gasteiger partial charge on any atom is -0.426 e. The number of halogens is 2. The molecule has 28 heavy (non-hydrogen) atoms. The van der Waals surface area contributed by atoms with Gasteiger partial charge in [-0.05, 0) is 32.5 Å². The summed E-state index contributed by atoms with van der Waals surface area (Å²) in [7, 11) is -0.223. The van der Waals surface area contributed by atoms with Crippen LogP contribution >= 0.6 is 0 Å². The van der Waals surface area contributed by atoms with Crippen LogP contribution < -0.4 is 5.32 Å². The number of aryl methyl sites for hydroxylation is 1. The predicted octanol–water partition coefficient (Wildman–Crippen LogP) is 1.33. The third kappa shape index (κ3) is 8.86. The Kier molecular flexibility index (Phi) is 11.7. The molecule has 0 saturated carbocycles. The van der Waals surface area contributed by atoms with E-state index < -0.39 is 38.0 Å². The molecule has 0 radical (unpaired) electrons. The lowest BCUT2D eigenvalue weighted by Crippen LogP contribution is -2.39. The SMILES string of the molecule is CC.CCc1cc(C(=O)NC(C)C=O)ccn1.CN1CC(F)(F)CC1B(O)O. The highest BCUT2D eigenvalue weighted by molar-refractivity contribution is 6.43. The summed E-state index contributed by atoms with van der Waals surface area (Å²) in [5.74, 6) is -3.85. The van der Waals surface area contributed by atoms with Gasteiger partial charge in [0, 0.05) is 23.9 Å². The molecule has 2 heterocycles. The summed E-state index contributed by atoms with van der Waals surface area (Å²) in [6.45, 7) is 7.21. The summed E-state index contributed by atoms with van der Waals surface area (Å²) in [6, 6.07) is 2.90. The van der Waals surface area contributed by atoms with E-state index in [4.69, 9.17) is 10.0 Å². The van der Waals surface area contributed by atoms with Gasteiger partial charge < -0.3 is 20.2 Å². The Balaban J connectivity index is 0.000000497. The zero-order chi connectivity index (χ0) is 21.9. The van der Waals surface area contributed by atoms with Gasteiger partial charge in [-0.25, -0.2) is 8.78 Å². The Morgan fingerprint density at radius 2 is 2.11 bits per heavy atom. The zero-order valence-corrected chi connectivity index (χ0v) is 17.0. The molecule has 158 valence electrons. The summed E-state index contributed by atoms with van der Waals surface area (Å²) in [5, 5.41) is 19.8. The van der Waals surface area contributed by atoms with Gasteiger partial charge in [0.05, 0.1) is 18.5 Å². The summed E-state index contributed by atoms with van der Waals surface area (Å²) >= 11 is 0. The zero-order valence-electron chi connectivity index (χ0n) is 17.0. The number of rotatable bonds is 5. The number of likely N-dealkylation sites (tertiary alicyclic amines) is 1. The lowest BCUT2D eigenvalue weighted by atomic mass is 9.78. The maximum Gasteiger partial charge on any atom is 0.470 e. The lowest BCUT2D eigenvalue weighted by molar-refractivity contribution is -0.109. The minimum atomic E-state index is -2.77. The highest BCUT2D eigenvalue weighted by atomic mass is 19.3. The number of aromatic nitrogens is 1. The Morgan fingerprint density at radius 1 is 1.50 bits per heavy atom. The molecule has 1 aromatic rings. The quantitative estimate of drug-likeness (QED) is 0.508. The van der Waals surface area contributed by atoms with E-state index in [1.165, 1.54) is 11.9 Å². The number of hydrogen-bond donors (Lipinski definition) is 3. The molecule has 1 aliphatic rings. The van der Waals surface area contributed by atoms with Crippen LogP contribution in [0.3, 0.4) is 0 Å². The average Bonchev–Trinajstić information content (AvgIpc) is 2.96. The van der Waals surface area contributed by atoms with Gasteiger partial charge in [0.15, 0.2) is 0 Å². The van der Waals surface area contributed by atoms with Gasteiger partial charge in [-0.1, -0.05) is 20.8 Å². The van der Waals surface area contributed by atoms with Crippen molar-refractivity contribution in [1.29, 1.82) is 0 Å². The largest absolute Gasteiger partial charge is 0.470 e. The second-order valence-electron chi connectivity index (χ2n) is 6.24. The Labute approximate surface area is 165 Å². The fraction of sp³-hybridized carbons (Fsp3) is 0.611. The van der Waals surface area contributed by atoms with Crippen LogP contribution in [-0.2, 0) is 11.2 Å². The first-order chi connectivity index (χ1) is 13.1. The van der Waals surface area contributed by atoms with Crippen molar-refractivity contribution >= 4 is 19.3 Å². The van der Waals surface area contributed by atoms with Gasteiger partial charge >= 0.3 is 7.12 Å². The fourth-order valence-electron chi connectivity index (χ4n) is 2.48. The molecule has 0 bridgehead atoms. The molecule has 1 aromatic heterocycles. The number of carbonyl (C=O) groups is 2. The van der Waals surface area contributed by atoms with Gasteiger partial charge in [-0.15, -0.1) is 0 Å². The Morgan fingerprint density at radius 3 is 2.50 bits per heavy atom. The van der Waals surface area contributed by atoms with Crippen LogP contribution in [0.5, 0.6) is 0 Å². The highest BCUT2D eigenvalue weighted by Gasteiger charge is 2.47. The van der Waals surface area contributed by atoms with Crippen LogP contribution in [0.2, 0.25) is 0 Å². The molecule has 1 aliphatic heterocycles. The number of aldehydes is 1. The van der Waals surface area contributed by atoms with Crippen LogP contribution in [0.4, 0.5) is 8.78 Å². The number of carbonyl (C=O) groups excluding carboxylic acids is 2. The molecule has 1 saturated heterocycles. The van der Waals surface area contributed by atoms with E-state index in [9.17, 15) is 18.4 Å². The minimum absolute atomic E-state index is 0.244. The third-order valence-corrected chi connectivity index (χ3v) is 3.90. The number of amides is 1. The van der Waals surface area contributed by atoms with Crippen molar-refractivity contribution in [1.82, 2.24) is 15.2 Å². The third-order valence-electron chi connectivity index (χ3n) is 3.90. The van der Waals surface area contributed by atoms with Crippen LogP contribution in [0, 0.1) is 0 Å². The highest BCUT2D eigenvalue weighted by Crippen LogP contribution is 2.30. The summed E-state index contributed by atoms with van der Waals surface area (Å²) < 4.78 is 25.1. The van der Waals surface area contributed by atoms with Crippen molar-refractivity contribution in [2.24, 2.45) is 0 Å². The number of alkyl halides is 2. The normalized spacial score (nSPS) is 18.7. The van der Waals surface area contributed by atoms with E-state index in [0.717, 1.165) is 12.1 Å². The number of nitrogens with one attached hydrogen (secondary N) is 1. The van der Waals surface area contributed by atoms with E-state index in [-0.39, 0.29) is 5.91 Å². The number of pyridine rings is 1. The van der Waals surface area contributed by atoms with E-state index in [2.05, 4.69) is 10.3 Å². The smallest absolute Gasteiger partial charge is 0.426 e. The monoisotopic (exact) mass is 401 g/mol. The first kappa shape index (κ1) is 26.1. The van der Waals surface area contributed by atoms with Gasteiger partial charge in [0.25, 0.3) is 11.8 Å². The van der Waals surface area contributed by atoms with Gasteiger partial charge in [0.2, 0.25) is 0 Å². The van der Waals surface area contributed by atoms with Crippen LogP contribution in [0.15, 0.2) is 18.3 Å². The summed E-state index contributed by atoms with van der Waals surface area (Å²) in [4.78, 5) is 27.3. The molecular formula is C18H30BF2N3O4. The number of hydrogen-bond acceptors (Lipinski definition) is 6. The van der Waals surface area contributed by atoms with Gasteiger partial charge in [-0.3, -0.25) is 14.7 Å². The standard InChI is InChI=1S/C11H14N2O2.C5H10BF2NO2.C2H6/c1-3-10-6-9(4-5-12-10)11(15)13-8(2)7-14;1-9-3-5(7,8)2-4(9)6(10)11;1-2/h4-8H,3H2,1-2H3,(H,13,15);4,10-11H,2-3H2,1H3;1-2H3. The topological polar surface area (TPSA) is 103 Å². The molecule has 1 amide bonds. The number of nitrogens with zero attached hydrogens (tertiary/aromatic N) is 2. The maximum atomic E-state index is 12.5. The van der Waals surface area contributed by atoms with Gasteiger partial charge in [0.1, 0.15) is 6.29 Å². The first-order valence-electron chi connectivity index (χ1n) is 9.25. The molecule has 2 unspecified atom stereocenters. The van der Waals surface area contributed by atoms with Crippen molar-refractivity contribution in [3.8, 4) is 0 Å². The van der Waals surface area contributed by atoms with E-state index in [1.54, 1.807) is 25.3 Å². The second-order valence-corrected chi connectivity index (χ2v) is 6.24. The summed E-state index contributed by atoms with van der Waals surface area (Å²) in [6.07, 6.45) is 2.60. The first-order valence-corrected chi connectivity index (χ1v) is 9.25. The van der Waals surface area contributed by atoms with Crippen LogP contribution in [0.25, 0.3) is 0 Å². The second kappa shape index (κ2) is 12.5. The van der Waals surface area contributed by atoms with E-state index in [1.807, 2.05) is 20.8 Å². The predicted molar refractivity (Wildman–Crippen MR) is 104 cm³/mol. The molecule has 2 rings (SSSR count). The average molecular weight is 401 g/mol. The molecule has 1 fully saturated rings. The van der Waals surface area contributed by atoms with Crippen molar-refractivity contribution in [2.75, 3.05) is 13.6 Å². The van der Waals surface area contributed by atoms with Crippen LogP contribution in [-0.4, -0.2) is 70.7 Å². The van der Waals surface area contributed by atoms with E-state index >= 15 is 0 Å². The van der Waals surface area contributed by atoms with Crippen molar-refractivity contribution < 1.29 is 28.4 Å². The van der Waals surface area contributed by atoms with Gasteiger partial charge in [-0.2, -0.15) is 0 Å². The molecule has 3 N–H and O–H groups in total. The molecule has 2 atom stereocenters. The Hall–Kier alpha value is -1.91. The van der Waals surface area contributed by atoms with E-state index in [0.29, 0.717) is 11.8 Å². The molecular weight excluding hydrogens is 371 g/mol. The van der Waals surface area contributed by atoms with Crippen molar-refractivity contribution in [3.05, 3.63) is 29.6 Å².